The van der Waals surface area contributed by atoms with Crippen molar-refractivity contribution in [3.8, 4) is 0 Å². The van der Waals surface area contributed by atoms with Crippen molar-refractivity contribution in [2.45, 2.75) is 38.6 Å². The van der Waals surface area contributed by atoms with Gasteiger partial charge in [0.05, 0.1) is 0 Å². The van der Waals surface area contributed by atoms with Gasteiger partial charge in [-0.3, -0.25) is 4.90 Å². The minimum atomic E-state index is 0.333. The van der Waals surface area contributed by atoms with Crippen molar-refractivity contribution in [1.29, 1.82) is 0 Å². The molecule has 1 heterocycles. The lowest BCUT2D eigenvalue weighted by Crippen LogP contribution is -2.61. The van der Waals surface area contributed by atoms with Crippen molar-refractivity contribution >= 4 is 0 Å². The van der Waals surface area contributed by atoms with E-state index in [0.29, 0.717) is 5.54 Å². The van der Waals surface area contributed by atoms with Crippen molar-refractivity contribution in [3.05, 3.63) is 0 Å². The highest BCUT2D eigenvalue weighted by Crippen LogP contribution is 2.39. The lowest BCUT2D eigenvalue weighted by molar-refractivity contribution is 0.0180. The van der Waals surface area contributed by atoms with Crippen molar-refractivity contribution in [3.63, 3.8) is 0 Å². The molecular weight excluding hydrogens is 198 g/mol. The first-order chi connectivity index (χ1) is 7.73. The average molecular weight is 225 g/mol. The predicted molar refractivity (Wildman–Crippen MR) is 68.5 cm³/mol. The first kappa shape index (κ1) is 12.3. The Morgan fingerprint density at radius 3 is 2.38 bits per heavy atom. The van der Waals surface area contributed by atoms with Gasteiger partial charge >= 0.3 is 0 Å². The highest BCUT2D eigenvalue weighted by atomic mass is 15.3. The van der Waals surface area contributed by atoms with Crippen LogP contribution in [-0.2, 0) is 0 Å². The van der Waals surface area contributed by atoms with Gasteiger partial charge in [0.25, 0.3) is 0 Å². The summed E-state index contributed by atoms with van der Waals surface area (Å²) in [4.78, 5) is 5.23. The molecule has 2 atom stereocenters. The molecule has 2 N–H and O–H groups in total. The molecule has 0 amide bonds. The van der Waals surface area contributed by atoms with Gasteiger partial charge in [0.1, 0.15) is 0 Å². The number of hydrogen-bond donors (Lipinski definition) is 1. The zero-order valence-corrected chi connectivity index (χ0v) is 10.9. The minimum Gasteiger partial charge on any atom is -0.329 e. The highest BCUT2D eigenvalue weighted by Gasteiger charge is 2.44. The SMILES string of the molecule is CCN1CCN(C2(CN)CCCC2C)CC1. The second-order valence-corrected chi connectivity index (χ2v) is 5.52. The molecule has 1 saturated heterocycles. The molecule has 0 aromatic rings. The van der Waals surface area contributed by atoms with E-state index in [0.717, 1.165) is 12.5 Å². The highest BCUT2D eigenvalue weighted by molar-refractivity contribution is 5.01. The molecule has 2 fully saturated rings. The Kier molecular flexibility index (Phi) is 3.88. The maximum atomic E-state index is 6.10. The summed E-state index contributed by atoms with van der Waals surface area (Å²) in [6.45, 7) is 11.6. The van der Waals surface area contributed by atoms with Crippen molar-refractivity contribution in [2.75, 3.05) is 39.3 Å². The third kappa shape index (κ3) is 2.01. The summed E-state index contributed by atoms with van der Waals surface area (Å²) in [5, 5.41) is 0. The van der Waals surface area contributed by atoms with Gasteiger partial charge in [-0.25, -0.2) is 0 Å². The van der Waals surface area contributed by atoms with Crippen LogP contribution in [0, 0.1) is 5.92 Å². The summed E-state index contributed by atoms with van der Waals surface area (Å²) in [5.41, 5.74) is 6.44. The molecule has 0 bridgehead atoms. The van der Waals surface area contributed by atoms with Crippen molar-refractivity contribution in [2.24, 2.45) is 11.7 Å². The van der Waals surface area contributed by atoms with Gasteiger partial charge in [-0.1, -0.05) is 20.3 Å². The molecule has 1 aliphatic heterocycles. The third-order valence-electron chi connectivity index (χ3n) is 4.97. The van der Waals surface area contributed by atoms with Crippen LogP contribution < -0.4 is 5.73 Å². The number of hydrogen-bond acceptors (Lipinski definition) is 3. The Morgan fingerprint density at radius 2 is 1.94 bits per heavy atom. The van der Waals surface area contributed by atoms with Crippen LogP contribution in [0.15, 0.2) is 0 Å². The fourth-order valence-corrected chi connectivity index (χ4v) is 3.64. The molecule has 94 valence electrons. The van der Waals surface area contributed by atoms with Gasteiger partial charge in [-0.15, -0.1) is 0 Å². The largest absolute Gasteiger partial charge is 0.329 e. The number of nitrogens with two attached hydrogens (primary N) is 1. The monoisotopic (exact) mass is 225 g/mol. The first-order valence-electron chi connectivity index (χ1n) is 6.90. The molecule has 2 unspecified atom stereocenters. The molecule has 2 rings (SSSR count). The Labute approximate surface area is 100.0 Å². The van der Waals surface area contributed by atoms with E-state index in [9.17, 15) is 0 Å². The summed E-state index contributed by atoms with van der Waals surface area (Å²) in [7, 11) is 0. The number of nitrogens with zero attached hydrogens (tertiary/aromatic N) is 2. The molecule has 2 aliphatic rings. The average Bonchev–Trinajstić information content (AvgIpc) is 2.72. The fraction of sp³-hybridized carbons (Fsp3) is 1.00. The zero-order chi connectivity index (χ0) is 11.6. The molecule has 0 radical (unpaired) electrons. The van der Waals surface area contributed by atoms with E-state index >= 15 is 0 Å². The first-order valence-corrected chi connectivity index (χ1v) is 6.90. The zero-order valence-electron chi connectivity index (χ0n) is 10.9. The molecule has 1 saturated carbocycles. The van der Waals surface area contributed by atoms with Crippen LogP contribution in [0.4, 0.5) is 0 Å². The van der Waals surface area contributed by atoms with Gasteiger partial charge < -0.3 is 10.6 Å². The molecule has 3 heteroatoms. The second-order valence-electron chi connectivity index (χ2n) is 5.52. The van der Waals surface area contributed by atoms with Crippen LogP contribution in [0.2, 0.25) is 0 Å². The second kappa shape index (κ2) is 5.03. The van der Waals surface area contributed by atoms with E-state index in [1.54, 1.807) is 0 Å². The fourth-order valence-electron chi connectivity index (χ4n) is 3.64. The van der Waals surface area contributed by atoms with E-state index in [4.69, 9.17) is 5.73 Å². The van der Waals surface area contributed by atoms with Gasteiger partial charge in [-0.05, 0) is 25.3 Å². The van der Waals surface area contributed by atoms with Crippen LogP contribution >= 0.6 is 0 Å². The van der Waals surface area contributed by atoms with E-state index < -0.39 is 0 Å². The number of piperazine rings is 1. The van der Waals surface area contributed by atoms with Crippen LogP contribution in [0.1, 0.15) is 33.1 Å². The number of likely N-dealkylation sites (N-methyl/N-ethyl adjacent to an activating group) is 1. The minimum absolute atomic E-state index is 0.333. The molecular formula is C13H27N3. The van der Waals surface area contributed by atoms with E-state index in [-0.39, 0.29) is 0 Å². The van der Waals surface area contributed by atoms with Crippen LogP contribution in [0.3, 0.4) is 0 Å². The maximum Gasteiger partial charge on any atom is 0.0358 e. The molecule has 0 spiro atoms. The predicted octanol–water partition coefficient (Wildman–Crippen LogP) is 1.14. The molecule has 3 nitrogen and oxygen atoms in total. The van der Waals surface area contributed by atoms with Crippen molar-refractivity contribution in [1.82, 2.24) is 9.80 Å². The normalized spacial score (nSPS) is 38.1. The number of rotatable bonds is 3. The standard InChI is InChI=1S/C13H27N3/c1-3-15-7-9-16(10-8-15)13(11-14)6-4-5-12(13)2/h12H,3-11,14H2,1-2H3. The van der Waals surface area contributed by atoms with Gasteiger partial charge in [-0.2, -0.15) is 0 Å². The van der Waals surface area contributed by atoms with Gasteiger partial charge in [0, 0.05) is 38.3 Å². The Balaban J connectivity index is 2.00. The summed E-state index contributed by atoms with van der Waals surface area (Å²) in [6.07, 6.45) is 4.05. The van der Waals surface area contributed by atoms with Crippen LogP contribution in [0.5, 0.6) is 0 Å². The molecule has 1 aliphatic carbocycles. The summed E-state index contributed by atoms with van der Waals surface area (Å²) >= 11 is 0. The van der Waals surface area contributed by atoms with E-state index in [1.807, 2.05) is 0 Å². The molecule has 16 heavy (non-hydrogen) atoms. The quantitative estimate of drug-likeness (QED) is 0.782. The maximum absolute atomic E-state index is 6.10. The third-order valence-corrected chi connectivity index (χ3v) is 4.97. The molecule has 0 aromatic carbocycles. The van der Waals surface area contributed by atoms with Crippen LogP contribution in [-0.4, -0.2) is 54.6 Å². The lowest BCUT2D eigenvalue weighted by Gasteiger charge is -2.48. The van der Waals surface area contributed by atoms with Crippen molar-refractivity contribution < 1.29 is 0 Å². The smallest absolute Gasteiger partial charge is 0.0358 e. The summed E-state index contributed by atoms with van der Waals surface area (Å²) < 4.78 is 0. The Bertz CT molecular complexity index is 223. The Morgan fingerprint density at radius 1 is 1.25 bits per heavy atom. The van der Waals surface area contributed by atoms with Crippen LogP contribution in [0.25, 0.3) is 0 Å². The Hall–Kier alpha value is -0.120. The lowest BCUT2D eigenvalue weighted by atomic mass is 9.86. The molecule has 0 aromatic heterocycles. The van der Waals surface area contributed by atoms with Gasteiger partial charge in [0.2, 0.25) is 0 Å². The summed E-state index contributed by atoms with van der Waals surface area (Å²) in [5.74, 6) is 0.783. The summed E-state index contributed by atoms with van der Waals surface area (Å²) in [6, 6.07) is 0. The van der Waals surface area contributed by atoms with Gasteiger partial charge in [0.15, 0.2) is 0 Å². The van der Waals surface area contributed by atoms with E-state index in [1.165, 1.54) is 52.0 Å². The topological polar surface area (TPSA) is 32.5 Å². The van der Waals surface area contributed by atoms with E-state index in [2.05, 4.69) is 23.6 Å².